The summed E-state index contributed by atoms with van der Waals surface area (Å²) in [7, 11) is 0. The summed E-state index contributed by atoms with van der Waals surface area (Å²) in [4.78, 5) is 2.58. The summed E-state index contributed by atoms with van der Waals surface area (Å²) < 4.78 is 4.97. The second-order valence-electron chi connectivity index (χ2n) is 5.05. The smallest absolute Gasteiger partial charge is 0.213 e. The SMILES string of the molecule is CC(C)NC(CCCCNC(O)OCCN=[N+]=[N-])C(N)O. The molecule has 21 heavy (non-hydrogen) atoms. The normalized spacial score (nSPS) is 15.5. The summed E-state index contributed by atoms with van der Waals surface area (Å²) in [6, 6.07) is 0.132. The van der Waals surface area contributed by atoms with Crippen molar-refractivity contribution < 1.29 is 14.9 Å². The summed E-state index contributed by atoms with van der Waals surface area (Å²) >= 11 is 0. The molecule has 0 bridgehead atoms. The Morgan fingerprint density at radius 2 is 2.05 bits per heavy atom. The molecule has 0 aromatic rings. The Kier molecular flexibility index (Phi) is 12.2. The van der Waals surface area contributed by atoms with Crippen molar-refractivity contribution in [3.05, 3.63) is 10.4 Å². The molecule has 0 radical (unpaired) electrons. The van der Waals surface area contributed by atoms with Gasteiger partial charge in [0.05, 0.1) is 6.61 Å². The Hall–Kier alpha value is -0.930. The van der Waals surface area contributed by atoms with E-state index in [0.29, 0.717) is 6.54 Å². The van der Waals surface area contributed by atoms with Crippen LogP contribution in [0.15, 0.2) is 5.11 Å². The van der Waals surface area contributed by atoms with E-state index in [1.807, 2.05) is 13.8 Å². The van der Waals surface area contributed by atoms with Gasteiger partial charge in [0.2, 0.25) is 6.41 Å². The molecule has 0 aliphatic carbocycles. The molecule has 3 unspecified atom stereocenters. The highest BCUT2D eigenvalue weighted by atomic mass is 16.6. The van der Waals surface area contributed by atoms with Crippen molar-refractivity contribution in [3.63, 3.8) is 0 Å². The van der Waals surface area contributed by atoms with E-state index in [1.54, 1.807) is 0 Å². The molecule has 0 amide bonds. The van der Waals surface area contributed by atoms with Gasteiger partial charge in [-0.15, -0.1) is 0 Å². The van der Waals surface area contributed by atoms with Crippen LogP contribution >= 0.6 is 0 Å². The molecule has 0 heterocycles. The number of aliphatic hydroxyl groups is 2. The minimum atomic E-state index is -1.07. The van der Waals surface area contributed by atoms with Crippen molar-refractivity contribution >= 4 is 0 Å². The second-order valence-corrected chi connectivity index (χ2v) is 5.05. The average molecular weight is 304 g/mol. The third-order valence-corrected chi connectivity index (χ3v) is 2.75. The molecule has 0 rings (SSSR count). The Balaban J connectivity index is 3.62. The summed E-state index contributed by atoms with van der Waals surface area (Å²) in [5, 5.41) is 28.2. The van der Waals surface area contributed by atoms with Crippen molar-refractivity contribution in [3.8, 4) is 0 Å². The zero-order valence-corrected chi connectivity index (χ0v) is 12.8. The maximum absolute atomic E-state index is 9.45. The highest BCUT2D eigenvalue weighted by molar-refractivity contribution is 4.73. The van der Waals surface area contributed by atoms with Crippen molar-refractivity contribution in [2.24, 2.45) is 10.8 Å². The molecule has 9 nitrogen and oxygen atoms in total. The van der Waals surface area contributed by atoms with E-state index in [9.17, 15) is 10.2 Å². The number of unbranched alkanes of at least 4 members (excludes halogenated alkanes) is 1. The first-order chi connectivity index (χ1) is 9.97. The molecule has 0 aromatic carbocycles. The molecule has 0 aromatic heterocycles. The van der Waals surface area contributed by atoms with Crippen LogP contribution in [0.4, 0.5) is 0 Å². The van der Waals surface area contributed by atoms with E-state index < -0.39 is 12.6 Å². The first-order valence-corrected chi connectivity index (χ1v) is 7.21. The molecule has 3 atom stereocenters. The first kappa shape index (κ1) is 20.1. The van der Waals surface area contributed by atoms with Gasteiger partial charge in [0.25, 0.3) is 0 Å². The van der Waals surface area contributed by atoms with E-state index in [2.05, 4.69) is 20.7 Å². The number of aliphatic hydroxyl groups excluding tert-OH is 2. The Morgan fingerprint density at radius 1 is 1.33 bits per heavy atom. The summed E-state index contributed by atoms with van der Waals surface area (Å²) in [5.41, 5.74) is 13.6. The monoisotopic (exact) mass is 304 g/mol. The van der Waals surface area contributed by atoms with Gasteiger partial charge in [-0.25, -0.2) is 0 Å². The van der Waals surface area contributed by atoms with E-state index in [4.69, 9.17) is 16.0 Å². The highest BCUT2D eigenvalue weighted by Gasteiger charge is 2.15. The average Bonchev–Trinajstić information content (AvgIpc) is 2.41. The lowest BCUT2D eigenvalue weighted by Gasteiger charge is -2.23. The lowest BCUT2D eigenvalue weighted by molar-refractivity contribution is -0.117. The number of nitrogens with two attached hydrogens (primary N) is 1. The van der Waals surface area contributed by atoms with Crippen molar-refractivity contribution in [1.82, 2.24) is 10.6 Å². The maximum Gasteiger partial charge on any atom is 0.213 e. The molecule has 0 spiro atoms. The molecule has 0 fully saturated rings. The van der Waals surface area contributed by atoms with Gasteiger partial charge >= 0.3 is 0 Å². The Labute approximate surface area is 125 Å². The predicted octanol–water partition coefficient (Wildman–Crippen LogP) is -0.00720. The minimum Gasteiger partial charge on any atom is -0.377 e. The van der Waals surface area contributed by atoms with E-state index in [0.717, 1.165) is 19.3 Å². The minimum absolute atomic E-state index is 0.130. The highest BCUT2D eigenvalue weighted by Crippen LogP contribution is 2.04. The predicted molar refractivity (Wildman–Crippen MR) is 80.1 cm³/mol. The van der Waals surface area contributed by atoms with Crippen LogP contribution in [0.25, 0.3) is 10.4 Å². The molecular formula is C12H28N6O3. The first-order valence-electron chi connectivity index (χ1n) is 7.21. The molecule has 0 saturated carbocycles. The molecule has 6 N–H and O–H groups in total. The number of azide groups is 1. The van der Waals surface area contributed by atoms with Crippen molar-refractivity contribution in [2.45, 2.75) is 57.8 Å². The van der Waals surface area contributed by atoms with Crippen LogP contribution in [0.1, 0.15) is 33.1 Å². The zero-order valence-electron chi connectivity index (χ0n) is 12.8. The van der Waals surface area contributed by atoms with Gasteiger partial charge in [-0.3, -0.25) is 5.32 Å². The standard InChI is InChI=1S/C12H28N6O3/c1-9(2)17-10(11(13)19)5-3-4-6-15-12(20)21-8-7-16-18-14/h9-12,15,17,19-20H,3-8,13H2,1-2H3. The summed E-state index contributed by atoms with van der Waals surface area (Å²) in [6.07, 6.45) is 0.487. The van der Waals surface area contributed by atoms with Crippen LogP contribution in [-0.4, -0.2) is 54.6 Å². The fraction of sp³-hybridized carbons (Fsp3) is 1.00. The number of hydrogen-bond donors (Lipinski definition) is 5. The van der Waals surface area contributed by atoms with Crippen LogP contribution in [0.5, 0.6) is 0 Å². The molecule has 0 aliphatic heterocycles. The van der Waals surface area contributed by atoms with Gasteiger partial charge in [-0.05, 0) is 24.9 Å². The number of hydrogen-bond acceptors (Lipinski definition) is 7. The number of rotatable bonds is 13. The Bertz CT molecular complexity index is 297. The van der Waals surface area contributed by atoms with Crippen molar-refractivity contribution in [2.75, 3.05) is 19.7 Å². The van der Waals surface area contributed by atoms with E-state index in [-0.39, 0.29) is 25.2 Å². The Morgan fingerprint density at radius 3 is 2.62 bits per heavy atom. The molecule has 0 aliphatic rings. The van der Waals surface area contributed by atoms with Crippen LogP contribution in [-0.2, 0) is 4.74 Å². The fourth-order valence-corrected chi connectivity index (χ4v) is 1.80. The third kappa shape index (κ3) is 12.5. The van der Waals surface area contributed by atoms with Crippen LogP contribution < -0.4 is 16.4 Å². The van der Waals surface area contributed by atoms with Gasteiger partial charge in [0.15, 0.2) is 0 Å². The lowest BCUT2D eigenvalue weighted by Crippen LogP contribution is -2.47. The topological polar surface area (TPSA) is 149 Å². The van der Waals surface area contributed by atoms with E-state index >= 15 is 0 Å². The molecular weight excluding hydrogens is 276 g/mol. The molecule has 9 heteroatoms. The van der Waals surface area contributed by atoms with Gasteiger partial charge in [-0.2, -0.15) is 0 Å². The number of ether oxygens (including phenoxy) is 1. The molecule has 0 saturated heterocycles. The van der Waals surface area contributed by atoms with Crippen molar-refractivity contribution in [1.29, 1.82) is 0 Å². The van der Waals surface area contributed by atoms with Gasteiger partial charge in [-0.1, -0.05) is 25.4 Å². The van der Waals surface area contributed by atoms with Crippen LogP contribution in [0.3, 0.4) is 0 Å². The van der Waals surface area contributed by atoms with Crippen LogP contribution in [0, 0.1) is 0 Å². The summed E-state index contributed by atoms with van der Waals surface area (Å²) in [6.45, 7) is 4.93. The zero-order chi connectivity index (χ0) is 16.1. The second kappa shape index (κ2) is 12.8. The maximum atomic E-state index is 9.45. The lowest BCUT2D eigenvalue weighted by atomic mass is 10.1. The van der Waals surface area contributed by atoms with Gasteiger partial charge in [0, 0.05) is 23.5 Å². The van der Waals surface area contributed by atoms with E-state index in [1.165, 1.54) is 0 Å². The number of nitrogens with zero attached hydrogens (tertiary/aromatic N) is 3. The summed E-state index contributed by atoms with van der Waals surface area (Å²) in [5.74, 6) is 0. The van der Waals surface area contributed by atoms with Gasteiger partial charge < -0.3 is 26.0 Å². The van der Waals surface area contributed by atoms with Crippen LogP contribution in [0.2, 0.25) is 0 Å². The quantitative estimate of drug-likeness (QED) is 0.106. The van der Waals surface area contributed by atoms with Gasteiger partial charge in [0.1, 0.15) is 6.23 Å². The number of nitrogens with one attached hydrogen (secondary N) is 2. The fourth-order valence-electron chi connectivity index (χ4n) is 1.80. The largest absolute Gasteiger partial charge is 0.377 e. The molecule has 124 valence electrons. The third-order valence-electron chi connectivity index (χ3n) is 2.75.